The van der Waals surface area contributed by atoms with Crippen molar-refractivity contribution in [2.24, 2.45) is 0 Å². The zero-order valence-electron chi connectivity index (χ0n) is 11.1. The van der Waals surface area contributed by atoms with Gasteiger partial charge in [-0.1, -0.05) is 13.0 Å². The van der Waals surface area contributed by atoms with Gasteiger partial charge in [-0.3, -0.25) is 0 Å². The third-order valence-corrected chi connectivity index (χ3v) is 4.55. The van der Waals surface area contributed by atoms with Gasteiger partial charge in [-0.05, 0) is 43.8 Å². The van der Waals surface area contributed by atoms with Gasteiger partial charge in [0.25, 0.3) is 0 Å². The summed E-state index contributed by atoms with van der Waals surface area (Å²) in [5.41, 5.74) is 0. The van der Waals surface area contributed by atoms with E-state index in [0.717, 1.165) is 26.1 Å². The SMILES string of the molecule is CCC(NCC(O)CN1CCCC1)c1cccs1. The van der Waals surface area contributed by atoms with Crippen LogP contribution >= 0.6 is 11.3 Å². The highest BCUT2D eigenvalue weighted by Gasteiger charge is 2.17. The molecule has 0 radical (unpaired) electrons. The number of hydrogen-bond acceptors (Lipinski definition) is 4. The molecular weight excluding hydrogens is 244 g/mol. The number of aliphatic hydroxyl groups is 1. The molecule has 1 aliphatic heterocycles. The molecule has 1 fully saturated rings. The van der Waals surface area contributed by atoms with E-state index in [9.17, 15) is 5.11 Å². The number of likely N-dealkylation sites (tertiary alicyclic amines) is 1. The fraction of sp³-hybridized carbons (Fsp3) is 0.714. The molecule has 0 saturated carbocycles. The normalized spacial score (nSPS) is 20.1. The van der Waals surface area contributed by atoms with Crippen LogP contribution in [-0.2, 0) is 0 Å². The van der Waals surface area contributed by atoms with Gasteiger partial charge >= 0.3 is 0 Å². The second-order valence-electron chi connectivity index (χ2n) is 5.05. The van der Waals surface area contributed by atoms with Gasteiger partial charge in [-0.2, -0.15) is 0 Å². The predicted octanol–water partition coefficient (Wildman–Crippen LogP) is 2.25. The molecule has 2 heterocycles. The Hall–Kier alpha value is -0.420. The van der Waals surface area contributed by atoms with Gasteiger partial charge in [-0.25, -0.2) is 0 Å². The second-order valence-corrected chi connectivity index (χ2v) is 6.03. The molecule has 1 aromatic heterocycles. The van der Waals surface area contributed by atoms with Gasteiger partial charge in [0.05, 0.1) is 6.10 Å². The van der Waals surface area contributed by atoms with Crippen LogP contribution in [0.2, 0.25) is 0 Å². The molecule has 0 aliphatic carbocycles. The quantitative estimate of drug-likeness (QED) is 0.796. The van der Waals surface area contributed by atoms with Crippen LogP contribution in [0.25, 0.3) is 0 Å². The fourth-order valence-corrected chi connectivity index (χ4v) is 3.43. The number of nitrogens with zero attached hydrogens (tertiary/aromatic N) is 1. The van der Waals surface area contributed by atoms with Crippen molar-refractivity contribution in [2.75, 3.05) is 26.2 Å². The minimum Gasteiger partial charge on any atom is -0.390 e. The standard InChI is InChI=1S/C14H24N2OS/c1-2-13(14-6-5-9-18-14)15-10-12(17)11-16-7-3-4-8-16/h5-6,9,12-13,15,17H,2-4,7-8,10-11H2,1H3. The first-order chi connectivity index (χ1) is 8.79. The number of β-amino-alcohol motifs (C(OH)–C–C–N with tert-alkyl or cyclic N) is 1. The molecular formula is C14H24N2OS. The van der Waals surface area contributed by atoms with Crippen molar-refractivity contribution < 1.29 is 5.11 Å². The number of thiophene rings is 1. The summed E-state index contributed by atoms with van der Waals surface area (Å²) in [7, 11) is 0. The summed E-state index contributed by atoms with van der Waals surface area (Å²) in [4.78, 5) is 3.73. The van der Waals surface area contributed by atoms with Crippen LogP contribution in [0.1, 0.15) is 37.1 Å². The molecule has 18 heavy (non-hydrogen) atoms. The molecule has 0 bridgehead atoms. The minimum absolute atomic E-state index is 0.253. The van der Waals surface area contributed by atoms with Gasteiger partial charge in [-0.15, -0.1) is 11.3 Å². The van der Waals surface area contributed by atoms with Gasteiger partial charge < -0.3 is 15.3 Å². The van der Waals surface area contributed by atoms with E-state index in [1.807, 2.05) is 0 Å². The highest BCUT2D eigenvalue weighted by Crippen LogP contribution is 2.21. The van der Waals surface area contributed by atoms with Crippen LogP contribution in [0.3, 0.4) is 0 Å². The van der Waals surface area contributed by atoms with Crippen molar-refractivity contribution >= 4 is 11.3 Å². The highest BCUT2D eigenvalue weighted by molar-refractivity contribution is 7.10. The maximum Gasteiger partial charge on any atom is 0.0791 e. The van der Waals surface area contributed by atoms with Crippen molar-refractivity contribution in [3.63, 3.8) is 0 Å². The topological polar surface area (TPSA) is 35.5 Å². The molecule has 102 valence electrons. The molecule has 0 spiro atoms. The van der Waals surface area contributed by atoms with Crippen molar-refractivity contribution in [1.82, 2.24) is 10.2 Å². The average Bonchev–Trinajstić information content (AvgIpc) is 3.02. The van der Waals surface area contributed by atoms with Crippen molar-refractivity contribution in [3.8, 4) is 0 Å². The summed E-state index contributed by atoms with van der Waals surface area (Å²) in [5, 5.41) is 15.6. The van der Waals surface area contributed by atoms with Gasteiger partial charge in [0.2, 0.25) is 0 Å². The summed E-state index contributed by atoms with van der Waals surface area (Å²) in [6.45, 7) is 5.99. The van der Waals surface area contributed by atoms with Crippen molar-refractivity contribution in [2.45, 2.75) is 38.3 Å². The van der Waals surface area contributed by atoms with E-state index in [1.165, 1.54) is 17.7 Å². The van der Waals surface area contributed by atoms with Crippen LogP contribution in [0.5, 0.6) is 0 Å². The molecule has 2 unspecified atom stereocenters. The summed E-state index contributed by atoms with van der Waals surface area (Å²) in [6, 6.07) is 4.64. The summed E-state index contributed by atoms with van der Waals surface area (Å²) >= 11 is 1.79. The zero-order valence-corrected chi connectivity index (χ0v) is 12.0. The third-order valence-electron chi connectivity index (χ3n) is 3.56. The third kappa shape index (κ3) is 4.05. The molecule has 4 heteroatoms. The van der Waals surface area contributed by atoms with E-state index in [4.69, 9.17) is 0 Å². The van der Waals surface area contributed by atoms with E-state index >= 15 is 0 Å². The van der Waals surface area contributed by atoms with Gasteiger partial charge in [0, 0.05) is 24.0 Å². The lowest BCUT2D eigenvalue weighted by molar-refractivity contribution is 0.120. The Labute approximate surface area is 114 Å². The van der Waals surface area contributed by atoms with Crippen molar-refractivity contribution in [3.05, 3.63) is 22.4 Å². The largest absolute Gasteiger partial charge is 0.390 e. The molecule has 1 aromatic rings. The highest BCUT2D eigenvalue weighted by atomic mass is 32.1. The van der Waals surface area contributed by atoms with E-state index in [1.54, 1.807) is 11.3 Å². The van der Waals surface area contributed by atoms with E-state index in [0.29, 0.717) is 12.6 Å². The smallest absolute Gasteiger partial charge is 0.0791 e. The Morgan fingerprint density at radius 1 is 1.44 bits per heavy atom. The van der Waals surface area contributed by atoms with E-state index in [-0.39, 0.29) is 6.10 Å². The fourth-order valence-electron chi connectivity index (χ4n) is 2.54. The van der Waals surface area contributed by atoms with Crippen molar-refractivity contribution in [1.29, 1.82) is 0 Å². The summed E-state index contributed by atoms with van der Waals surface area (Å²) in [5.74, 6) is 0. The maximum absolute atomic E-state index is 10.1. The lowest BCUT2D eigenvalue weighted by Crippen LogP contribution is -2.38. The lowest BCUT2D eigenvalue weighted by Gasteiger charge is -2.22. The Kier molecular flexibility index (Phi) is 5.63. The van der Waals surface area contributed by atoms with Crippen LogP contribution in [0.15, 0.2) is 17.5 Å². The number of nitrogens with one attached hydrogen (secondary N) is 1. The lowest BCUT2D eigenvalue weighted by atomic mass is 10.2. The Morgan fingerprint density at radius 2 is 2.22 bits per heavy atom. The number of hydrogen-bond donors (Lipinski definition) is 2. The predicted molar refractivity (Wildman–Crippen MR) is 77.0 cm³/mol. The second kappa shape index (κ2) is 7.24. The zero-order chi connectivity index (χ0) is 12.8. The Bertz CT molecular complexity index is 323. The summed E-state index contributed by atoms with van der Waals surface area (Å²) in [6.07, 6.45) is 3.38. The molecule has 0 aromatic carbocycles. The van der Waals surface area contributed by atoms with Crippen LogP contribution in [0.4, 0.5) is 0 Å². The average molecular weight is 268 g/mol. The molecule has 3 nitrogen and oxygen atoms in total. The first-order valence-electron chi connectivity index (χ1n) is 6.96. The molecule has 0 amide bonds. The van der Waals surface area contributed by atoms with Gasteiger partial charge in [0.1, 0.15) is 0 Å². The Balaban J connectivity index is 1.72. The number of rotatable bonds is 7. The molecule has 2 rings (SSSR count). The molecule has 1 saturated heterocycles. The number of aliphatic hydroxyl groups excluding tert-OH is 1. The first kappa shape index (κ1) is 14.0. The van der Waals surface area contributed by atoms with Crippen LogP contribution in [-0.4, -0.2) is 42.3 Å². The first-order valence-corrected chi connectivity index (χ1v) is 7.84. The van der Waals surface area contributed by atoms with Crippen LogP contribution < -0.4 is 5.32 Å². The van der Waals surface area contributed by atoms with E-state index in [2.05, 4.69) is 34.7 Å². The monoisotopic (exact) mass is 268 g/mol. The maximum atomic E-state index is 10.1. The van der Waals surface area contributed by atoms with Crippen LogP contribution in [0, 0.1) is 0 Å². The summed E-state index contributed by atoms with van der Waals surface area (Å²) < 4.78 is 0. The van der Waals surface area contributed by atoms with E-state index < -0.39 is 0 Å². The molecule has 2 atom stereocenters. The molecule has 2 N–H and O–H groups in total. The minimum atomic E-state index is -0.253. The molecule has 1 aliphatic rings. The Morgan fingerprint density at radius 3 is 2.83 bits per heavy atom. The van der Waals surface area contributed by atoms with Gasteiger partial charge in [0.15, 0.2) is 0 Å².